The number of amides is 2. The number of nitrogens with zero attached hydrogens (tertiary/aromatic N) is 3. The number of nitrogens with one attached hydrogen (secondary N) is 2. The van der Waals surface area contributed by atoms with Crippen molar-refractivity contribution in [3.8, 4) is 0 Å². The van der Waals surface area contributed by atoms with Gasteiger partial charge in [0.25, 0.3) is 11.8 Å². The van der Waals surface area contributed by atoms with E-state index in [-0.39, 0.29) is 11.8 Å². The van der Waals surface area contributed by atoms with E-state index in [0.717, 1.165) is 42.8 Å². The number of fused-ring (bicyclic) bond motifs is 1. The summed E-state index contributed by atoms with van der Waals surface area (Å²) in [6, 6.07) is 7.80. The summed E-state index contributed by atoms with van der Waals surface area (Å²) < 4.78 is 1.91. The average molecular weight is 398 g/mol. The Labute approximate surface area is 172 Å². The van der Waals surface area contributed by atoms with Gasteiger partial charge in [-0.05, 0) is 50.9 Å². The summed E-state index contributed by atoms with van der Waals surface area (Å²) in [5.74, 6) is 0.127. The molecule has 2 aromatic rings. The number of carbonyl (C=O) groups excluding carboxylic acids is 2. The van der Waals surface area contributed by atoms with Crippen LogP contribution in [0.2, 0.25) is 0 Å². The lowest BCUT2D eigenvalue weighted by Gasteiger charge is -2.18. The molecule has 0 radical (unpaired) electrons. The van der Waals surface area contributed by atoms with Gasteiger partial charge in [0.1, 0.15) is 5.69 Å². The molecule has 29 heavy (non-hydrogen) atoms. The van der Waals surface area contributed by atoms with Crippen LogP contribution in [-0.4, -0.2) is 53.5 Å². The lowest BCUT2D eigenvalue weighted by Crippen LogP contribution is -2.32. The maximum absolute atomic E-state index is 13.1. The zero-order chi connectivity index (χ0) is 21.0. The molecule has 0 saturated heterocycles. The SMILES string of the molecule is CC(C)c1ccccc1NC(=O)c1nc(C(=O)NCCN(C)C)c2n1CCCC2. The van der Waals surface area contributed by atoms with E-state index < -0.39 is 0 Å². The van der Waals surface area contributed by atoms with Crippen LogP contribution in [0.1, 0.15) is 65.0 Å². The Kier molecular flexibility index (Phi) is 6.69. The standard InChI is InChI=1S/C22H31N5O2/c1-15(2)16-9-5-6-10-17(16)24-22(29)20-25-19(18-11-7-8-13-27(18)20)21(28)23-12-14-26(3)4/h5-6,9-10,15H,7-8,11-14H2,1-4H3,(H,23,28)(H,24,29). The Morgan fingerprint density at radius 2 is 1.93 bits per heavy atom. The number of hydrogen-bond donors (Lipinski definition) is 2. The van der Waals surface area contributed by atoms with E-state index in [4.69, 9.17) is 0 Å². The van der Waals surface area contributed by atoms with Gasteiger partial charge in [0, 0.05) is 25.3 Å². The van der Waals surface area contributed by atoms with Crippen LogP contribution < -0.4 is 10.6 Å². The molecule has 1 aromatic carbocycles. The Morgan fingerprint density at radius 3 is 2.66 bits per heavy atom. The first-order valence-electron chi connectivity index (χ1n) is 10.3. The van der Waals surface area contributed by atoms with Crippen LogP contribution in [0.15, 0.2) is 24.3 Å². The van der Waals surface area contributed by atoms with Gasteiger partial charge in [-0.25, -0.2) is 4.98 Å². The minimum absolute atomic E-state index is 0.209. The minimum Gasteiger partial charge on any atom is -0.349 e. The van der Waals surface area contributed by atoms with Crippen molar-refractivity contribution >= 4 is 17.5 Å². The molecule has 2 heterocycles. The Bertz CT molecular complexity index is 885. The maximum Gasteiger partial charge on any atom is 0.291 e. The van der Waals surface area contributed by atoms with Gasteiger partial charge in [0.15, 0.2) is 5.82 Å². The summed E-state index contributed by atoms with van der Waals surface area (Å²) in [6.45, 7) is 6.20. The molecule has 3 rings (SSSR count). The van der Waals surface area contributed by atoms with Crippen LogP contribution >= 0.6 is 0 Å². The van der Waals surface area contributed by atoms with E-state index in [9.17, 15) is 9.59 Å². The molecule has 0 bridgehead atoms. The highest BCUT2D eigenvalue weighted by Gasteiger charge is 2.27. The number of hydrogen-bond acceptors (Lipinski definition) is 4. The van der Waals surface area contributed by atoms with Gasteiger partial charge in [0.05, 0.1) is 5.69 Å². The number of benzene rings is 1. The lowest BCUT2D eigenvalue weighted by atomic mass is 10.0. The second-order valence-corrected chi connectivity index (χ2v) is 8.09. The first kappa shape index (κ1) is 21.0. The first-order chi connectivity index (χ1) is 13.9. The lowest BCUT2D eigenvalue weighted by molar-refractivity contribution is 0.0945. The quantitative estimate of drug-likeness (QED) is 0.753. The van der Waals surface area contributed by atoms with Crippen molar-refractivity contribution in [3.05, 3.63) is 47.0 Å². The fourth-order valence-electron chi connectivity index (χ4n) is 3.67. The number of likely N-dealkylation sites (N-methyl/N-ethyl adjacent to an activating group) is 1. The molecule has 0 fully saturated rings. The Hall–Kier alpha value is -2.67. The van der Waals surface area contributed by atoms with E-state index in [1.165, 1.54) is 0 Å². The predicted molar refractivity (Wildman–Crippen MR) is 115 cm³/mol. The van der Waals surface area contributed by atoms with Gasteiger partial charge in [-0.3, -0.25) is 9.59 Å². The van der Waals surface area contributed by atoms with Gasteiger partial charge < -0.3 is 20.1 Å². The van der Waals surface area contributed by atoms with E-state index >= 15 is 0 Å². The van der Waals surface area contributed by atoms with Crippen LogP contribution in [-0.2, 0) is 13.0 Å². The smallest absolute Gasteiger partial charge is 0.291 e. The van der Waals surface area contributed by atoms with Crippen LogP contribution in [0.4, 0.5) is 5.69 Å². The normalized spacial score (nSPS) is 13.4. The molecule has 0 saturated carbocycles. The number of carbonyl (C=O) groups is 2. The van der Waals surface area contributed by atoms with Gasteiger partial charge >= 0.3 is 0 Å². The van der Waals surface area contributed by atoms with Gasteiger partial charge in [-0.1, -0.05) is 32.0 Å². The second kappa shape index (κ2) is 9.22. The second-order valence-electron chi connectivity index (χ2n) is 8.09. The summed E-state index contributed by atoms with van der Waals surface area (Å²) in [4.78, 5) is 32.3. The number of rotatable bonds is 7. The summed E-state index contributed by atoms with van der Waals surface area (Å²) in [7, 11) is 3.92. The van der Waals surface area contributed by atoms with E-state index in [1.807, 2.05) is 47.8 Å². The first-order valence-corrected chi connectivity index (χ1v) is 10.3. The van der Waals surface area contributed by atoms with Crippen LogP contribution in [0, 0.1) is 0 Å². The molecule has 1 aliphatic heterocycles. The molecule has 0 unspecified atom stereocenters. The Balaban J connectivity index is 1.85. The molecule has 7 heteroatoms. The zero-order valence-electron chi connectivity index (χ0n) is 17.8. The van der Waals surface area contributed by atoms with Crippen molar-refractivity contribution in [2.45, 2.75) is 45.6 Å². The molecule has 0 atom stereocenters. The monoisotopic (exact) mass is 397 g/mol. The van der Waals surface area contributed by atoms with Crippen molar-refractivity contribution in [2.24, 2.45) is 0 Å². The Morgan fingerprint density at radius 1 is 1.17 bits per heavy atom. The van der Waals surface area contributed by atoms with Crippen LogP contribution in [0.25, 0.3) is 0 Å². The highest BCUT2D eigenvalue weighted by molar-refractivity contribution is 6.04. The summed E-state index contributed by atoms with van der Waals surface area (Å²) in [6.07, 6.45) is 2.74. The summed E-state index contributed by atoms with van der Waals surface area (Å²) >= 11 is 0. The van der Waals surface area contributed by atoms with Gasteiger partial charge in [-0.15, -0.1) is 0 Å². The highest BCUT2D eigenvalue weighted by Crippen LogP contribution is 2.26. The van der Waals surface area contributed by atoms with E-state index in [1.54, 1.807) is 0 Å². The molecule has 2 N–H and O–H groups in total. The maximum atomic E-state index is 13.1. The average Bonchev–Trinajstić information content (AvgIpc) is 3.08. The molecule has 0 spiro atoms. The van der Waals surface area contributed by atoms with Gasteiger partial charge in [-0.2, -0.15) is 0 Å². The summed E-state index contributed by atoms with van der Waals surface area (Å²) in [5.41, 5.74) is 3.11. The van der Waals surface area contributed by atoms with Crippen molar-refractivity contribution in [1.29, 1.82) is 0 Å². The summed E-state index contributed by atoms with van der Waals surface area (Å²) in [5, 5.41) is 5.93. The number of anilines is 1. The molecule has 2 amide bonds. The fourth-order valence-corrected chi connectivity index (χ4v) is 3.67. The van der Waals surface area contributed by atoms with Crippen molar-refractivity contribution < 1.29 is 9.59 Å². The molecule has 7 nitrogen and oxygen atoms in total. The molecule has 1 aromatic heterocycles. The highest BCUT2D eigenvalue weighted by atomic mass is 16.2. The van der Waals surface area contributed by atoms with Crippen LogP contribution in [0.5, 0.6) is 0 Å². The number of imidazole rings is 1. The number of aromatic nitrogens is 2. The third kappa shape index (κ3) is 4.85. The number of para-hydroxylation sites is 1. The molecule has 0 aliphatic carbocycles. The minimum atomic E-state index is -0.270. The molecular formula is C22H31N5O2. The molecule has 156 valence electrons. The van der Waals surface area contributed by atoms with Gasteiger partial charge in [0.2, 0.25) is 0 Å². The zero-order valence-corrected chi connectivity index (χ0v) is 17.8. The molecule has 1 aliphatic rings. The third-order valence-corrected chi connectivity index (χ3v) is 5.21. The van der Waals surface area contributed by atoms with Crippen molar-refractivity contribution in [2.75, 3.05) is 32.5 Å². The largest absolute Gasteiger partial charge is 0.349 e. The van der Waals surface area contributed by atoms with Crippen LogP contribution in [0.3, 0.4) is 0 Å². The third-order valence-electron chi connectivity index (χ3n) is 5.21. The van der Waals surface area contributed by atoms with Crippen molar-refractivity contribution in [3.63, 3.8) is 0 Å². The van der Waals surface area contributed by atoms with Crippen molar-refractivity contribution in [1.82, 2.24) is 19.8 Å². The fraction of sp³-hybridized carbons (Fsp3) is 0.500. The predicted octanol–water partition coefficient (Wildman–Crippen LogP) is 2.89. The van der Waals surface area contributed by atoms with E-state index in [0.29, 0.717) is 30.5 Å². The molecular weight excluding hydrogens is 366 g/mol. The topological polar surface area (TPSA) is 79.3 Å². The van der Waals surface area contributed by atoms with E-state index in [2.05, 4.69) is 29.5 Å².